The van der Waals surface area contributed by atoms with E-state index in [9.17, 15) is 9.59 Å². The highest BCUT2D eigenvalue weighted by Crippen LogP contribution is 2.38. The number of thiazole rings is 1. The Morgan fingerprint density at radius 3 is 2.54 bits per heavy atom. The van der Waals surface area contributed by atoms with Gasteiger partial charge in [0.1, 0.15) is 10.6 Å². The summed E-state index contributed by atoms with van der Waals surface area (Å²) in [6.45, 7) is 2.70. The summed E-state index contributed by atoms with van der Waals surface area (Å²) in [6, 6.07) is 16.8. The van der Waals surface area contributed by atoms with Gasteiger partial charge in [0.15, 0.2) is 0 Å². The molecule has 2 aliphatic rings. The summed E-state index contributed by atoms with van der Waals surface area (Å²) < 4.78 is 1.02. The molecule has 2 amide bonds. The molecule has 6 nitrogen and oxygen atoms in total. The van der Waals surface area contributed by atoms with E-state index in [-0.39, 0.29) is 23.9 Å². The van der Waals surface area contributed by atoms with E-state index in [4.69, 9.17) is 11.6 Å². The Morgan fingerprint density at radius 2 is 1.77 bits per heavy atom. The number of hydrogen-bond acceptors (Lipinski definition) is 6. The van der Waals surface area contributed by atoms with E-state index in [1.807, 2.05) is 34.1 Å². The SMILES string of the molecule is O=C(c1cscn1)N1CC[C@H](NC2CN(C(=O)c3sc4cc(-c5ccccc5)ccc4c3Cl)C2)C1. The van der Waals surface area contributed by atoms with Crippen molar-refractivity contribution in [2.45, 2.75) is 18.5 Å². The van der Waals surface area contributed by atoms with Crippen molar-refractivity contribution in [1.82, 2.24) is 20.1 Å². The van der Waals surface area contributed by atoms with Gasteiger partial charge in [-0.1, -0.05) is 54.1 Å². The molecule has 35 heavy (non-hydrogen) atoms. The van der Waals surface area contributed by atoms with Crippen LogP contribution in [0.1, 0.15) is 26.6 Å². The van der Waals surface area contributed by atoms with E-state index in [0.29, 0.717) is 35.2 Å². The van der Waals surface area contributed by atoms with E-state index in [1.165, 1.54) is 22.7 Å². The van der Waals surface area contributed by atoms with Gasteiger partial charge in [0, 0.05) is 53.7 Å². The maximum atomic E-state index is 13.2. The number of fused-ring (bicyclic) bond motifs is 1. The van der Waals surface area contributed by atoms with Crippen molar-refractivity contribution < 1.29 is 9.59 Å². The van der Waals surface area contributed by atoms with Gasteiger partial charge >= 0.3 is 0 Å². The lowest BCUT2D eigenvalue weighted by atomic mass is 10.0. The third-order valence-corrected chi connectivity index (χ3v) is 8.93. The number of amides is 2. The fraction of sp³-hybridized carbons (Fsp3) is 0.269. The first-order chi connectivity index (χ1) is 17.1. The molecule has 0 bridgehead atoms. The maximum absolute atomic E-state index is 13.2. The average molecular weight is 523 g/mol. The second-order valence-electron chi connectivity index (χ2n) is 9.01. The second-order valence-corrected chi connectivity index (χ2v) is 11.2. The number of carbonyl (C=O) groups excluding carboxylic acids is 2. The number of aromatic nitrogens is 1. The maximum Gasteiger partial charge on any atom is 0.273 e. The lowest BCUT2D eigenvalue weighted by Crippen LogP contribution is -2.62. The Balaban J connectivity index is 1.07. The molecule has 1 N–H and O–H groups in total. The van der Waals surface area contributed by atoms with Crippen molar-refractivity contribution in [1.29, 1.82) is 0 Å². The first-order valence-corrected chi connectivity index (χ1v) is 13.7. The molecule has 2 saturated heterocycles. The zero-order valence-corrected chi connectivity index (χ0v) is 21.2. The molecule has 0 aliphatic carbocycles. The highest BCUT2D eigenvalue weighted by Gasteiger charge is 2.36. The third-order valence-electron chi connectivity index (χ3n) is 6.70. The first-order valence-electron chi connectivity index (χ1n) is 11.6. The Bertz CT molecular complexity index is 1380. The van der Waals surface area contributed by atoms with Crippen LogP contribution in [0.3, 0.4) is 0 Å². The van der Waals surface area contributed by atoms with Crippen LogP contribution in [0.5, 0.6) is 0 Å². The molecule has 4 heterocycles. The molecular formula is C26H23ClN4O2S2. The molecule has 2 aliphatic heterocycles. The van der Waals surface area contributed by atoms with E-state index in [0.717, 1.165) is 34.2 Å². The van der Waals surface area contributed by atoms with E-state index in [2.05, 4.69) is 34.6 Å². The van der Waals surface area contributed by atoms with Gasteiger partial charge in [-0.3, -0.25) is 9.59 Å². The van der Waals surface area contributed by atoms with E-state index < -0.39 is 0 Å². The summed E-state index contributed by atoms with van der Waals surface area (Å²) >= 11 is 9.54. The zero-order chi connectivity index (χ0) is 23.9. The van der Waals surface area contributed by atoms with Crippen molar-refractivity contribution in [3.8, 4) is 11.1 Å². The summed E-state index contributed by atoms with van der Waals surface area (Å²) in [5.74, 6) is -0.0157. The number of halogens is 1. The third kappa shape index (κ3) is 4.36. The summed E-state index contributed by atoms with van der Waals surface area (Å²) in [5.41, 5.74) is 4.46. The van der Waals surface area contributed by atoms with Gasteiger partial charge in [-0.2, -0.15) is 0 Å². The first kappa shape index (κ1) is 22.7. The van der Waals surface area contributed by atoms with Crippen LogP contribution in [0.4, 0.5) is 0 Å². The molecule has 1 atom stereocenters. The predicted octanol–water partition coefficient (Wildman–Crippen LogP) is 5.01. The van der Waals surface area contributed by atoms with Crippen LogP contribution in [0, 0.1) is 0 Å². The monoisotopic (exact) mass is 522 g/mol. The predicted molar refractivity (Wildman–Crippen MR) is 142 cm³/mol. The molecule has 0 unspecified atom stereocenters. The normalized spacial score (nSPS) is 18.3. The average Bonchev–Trinajstić information content (AvgIpc) is 3.62. The minimum Gasteiger partial charge on any atom is -0.336 e. The van der Waals surface area contributed by atoms with Crippen LogP contribution >= 0.6 is 34.3 Å². The number of likely N-dealkylation sites (tertiary alicyclic amines) is 2. The van der Waals surface area contributed by atoms with E-state index in [1.54, 1.807) is 10.9 Å². The Hall–Kier alpha value is -2.78. The Morgan fingerprint density at radius 1 is 0.971 bits per heavy atom. The van der Waals surface area contributed by atoms with Gasteiger partial charge in [0.05, 0.1) is 10.5 Å². The second kappa shape index (κ2) is 9.35. The van der Waals surface area contributed by atoms with Crippen LogP contribution in [0.15, 0.2) is 59.4 Å². The van der Waals surface area contributed by atoms with Crippen LogP contribution in [0.2, 0.25) is 5.02 Å². The molecule has 0 radical (unpaired) electrons. The molecule has 178 valence electrons. The van der Waals surface area contributed by atoms with Crippen molar-refractivity contribution in [2.24, 2.45) is 0 Å². The minimum absolute atomic E-state index is 0.00390. The molecule has 2 aromatic carbocycles. The lowest BCUT2D eigenvalue weighted by molar-refractivity contribution is 0.0558. The topological polar surface area (TPSA) is 65.5 Å². The van der Waals surface area contributed by atoms with Crippen LogP contribution in [0.25, 0.3) is 21.2 Å². The van der Waals surface area contributed by atoms with Crippen LogP contribution in [-0.4, -0.2) is 64.9 Å². The van der Waals surface area contributed by atoms with Gasteiger partial charge in [0.25, 0.3) is 11.8 Å². The highest BCUT2D eigenvalue weighted by atomic mass is 35.5. The molecule has 9 heteroatoms. The molecule has 2 fully saturated rings. The number of thiophene rings is 1. The van der Waals surface area contributed by atoms with Gasteiger partial charge in [0.2, 0.25) is 0 Å². The van der Waals surface area contributed by atoms with Gasteiger partial charge < -0.3 is 15.1 Å². The van der Waals surface area contributed by atoms with Gasteiger partial charge in [-0.25, -0.2) is 4.98 Å². The van der Waals surface area contributed by atoms with Crippen LogP contribution in [-0.2, 0) is 0 Å². The summed E-state index contributed by atoms with van der Waals surface area (Å²) in [7, 11) is 0. The molecule has 2 aromatic heterocycles. The number of benzene rings is 2. The molecular weight excluding hydrogens is 500 g/mol. The minimum atomic E-state index is -0.0118. The van der Waals surface area contributed by atoms with E-state index >= 15 is 0 Å². The fourth-order valence-electron chi connectivity index (χ4n) is 4.80. The number of nitrogens with zero attached hydrogens (tertiary/aromatic N) is 3. The van der Waals surface area contributed by atoms with Crippen molar-refractivity contribution in [3.05, 3.63) is 75.0 Å². The quantitative estimate of drug-likeness (QED) is 0.400. The summed E-state index contributed by atoms with van der Waals surface area (Å²) in [5, 5.41) is 6.87. The summed E-state index contributed by atoms with van der Waals surface area (Å²) in [4.78, 5) is 34.1. The molecule has 0 saturated carbocycles. The summed E-state index contributed by atoms with van der Waals surface area (Å²) in [6.07, 6.45) is 0.909. The lowest BCUT2D eigenvalue weighted by Gasteiger charge is -2.41. The van der Waals surface area contributed by atoms with Crippen molar-refractivity contribution in [2.75, 3.05) is 26.2 Å². The molecule has 0 spiro atoms. The molecule has 6 rings (SSSR count). The number of rotatable bonds is 5. The largest absolute Gasteiger partial charge is 0.336 e. The standard InChI is InChI=1S/C26H23ClN4O2S2/c27-23-20-7-6-17(16-4-2-1-3-5-16)10-22(20)35-24(23)26(33)31-12-19(13-31)29-18-8-9-30(11-18)25(32)21-14-34-15-28-21/h1-7,10,14-15,18-19,29H,8-9,11-13H2/t18-/m0/s1. The van der Waals surface area contributed by atoms with Crippen molar-refractivity contribution >= 4 is 56.2 Å². The fourth-order valence-corrected chi connectivity index (χ4v) is 6.85. The number of carbonyl (C=O) groups is 2. The zero-order valence-electron chi connectivity index (χ0n) is 18.8. The number of hydrogen-bond donors (Lipinski definition) is 1. The van der Waals surface area contributed by atoms with Crippen molar-refractivity contribution in [3.63, 3.8) is 0 Å². The van der Waals surface area contributed by atoms with Crippen LogP contribution < -0.4 is 5.32 Å². The smallest absolute Gasteiger partial charge is 0.273 e. The highest BCUT2D eigenvalue weighted by molar-refractivity contribution is 7.21. The van der Waals surface area contributed by atoms with Gasteiger partial charge in [-0.05, 0) is 23.6 Å². The number of nitrogens with one attached hydrogen (secondary N) is 1. The Kier molecular flexibility index (Phi) is 6.06. The van der Waals surface area contributed by atoms with Gasteiger partial charge in [-0.15, -0.1) is 22.7 Å². The molecule has 4 aromatic rings. The Labute approximate surface area is 216 Å².